The number of hydrogen-bond acceptors (Lipinski definition) is 4. The van der Waals surface area contributed by atoms with Crippen LogP contribution < -0.4 is 0 Å². The van der Waals surface area contributed by atoms with Crippen molar-refractivity contribution in [2.45, 2.75) is 162 Å². The molecular weight excluding hydrogens is 496 g/mol. The predicted octanol–water partition coefficient (Wildman–Crippen LogP) is 9.10. The van der Waals surface area contributed by atoms with Crippen LogP contribution in [0.25, 0.3) is 0 Å². The van der Waals surface area contributed by atoms with Gasteiger partial charge in [0, 0.05) is 18.8 Å². The van der Waals surface area contributed by atoms with Gasteiger partial charge in [-0.05, 0) is 111 Å². The summed E-state index contributed by atoms with van der Waals surface area (Å²) in [4.78, 5) is 12.6. The van der Waals surface area contributed by atoms with Crippen molar-refractivity contribution in [3.05, 3.63) is 0 Å². The van der Waals surface area contributed by atoms with Crippen molar-refractivity contribution in [2.75, 3.05) is 6.61 Å². The average Bonchev–Trinajstić information content (AvgIpc) is 3.38. The molecule has 0 bridgehead atoms. The molecule has 4 saturated carbocycles. The van der Waals surface area contributed by atoms with E-state index in [2.05, 4.69) is 34.6 Å². The molecule has 2 aliphatic heterocycles. The van der Waals surface area contributed by atoms with Crippen molar-refractivity contribution < 1.29 is 19.0 Å². The number of esters is 1. The summed E-state index contributed by atoms with van der Waals surface area (Å²) >= 11 is 0. The maximum atomic E-state index is 12.6. The Hall–Kier alpha value is -0.610. The number of hydrogen-bond donors (Lipinski definition) is 0. The summed E-state index contributed by atoms with van der Waals surface area (Å²) in [5.74, 6) is 4.77. The first kappa shape index (κ1) is 29.5. The quantitative estimate of drug-likeness (QED) is 0.221. The molecular formula is C36H60O4. The molecule has 6 aliphatic rings. The van der Waals surface area contributed by atoms with Crippen LogP contribution in [0.4, 0.5) is 0 Å². The van der Waals surface area contributed by atoms with E-state index in [-0.39, 0.29) is 17.9 Å². The number of rotatable bonds is 8. The number of fused-ring (bicyclic) bond motifs is 7. The first-order chi connectivity index (χ1) is 19.2. The topological polar surface area (TPSA) is 44.8 Å². The van der Waals surface area contributed by atoms with Gasteiger partial charge in [-0.2, -0.15) is 0 Å². The molecule has 4 heteroatoms. The van der Waals surface area contributed by atoms with Gasteiger partial charge in [-0.25, -0.2) is 0 Å². The van der Waals surface area contributed by atoms with Gasteiger partial charge >= 0.3 is 5.97 Å². The molecule has 12 atom stereocenters. The van der Waals surface area contributed by atoms with Crippen molar-refractivity contribution >= 4 is 5.97 Å². The van der Waals surface area contributed by atoms with Crippen LogP contribution in [-0.2, 0) is 19.0 Å². The van der Waals surface area contributed by atoms with Crippen molar-refractivity contribution in [1.29, 1.82) is 0 Å². The third-order valence-electron chi connectivity index (χ3n) is 13.9. The third-order valence-corrected chi connectivity index (χ3v) is 13.9. The molecule has 6 fully saturated rings. The fraction of sp³-hybridized carbons (Fsp3) is 0.972. The minimum Gasteiger partial charge on any atom is -0.462 e. The van der Waals surface area contributed by atoms with E-state index in [0.29, 0.717) is 41.1 Å². The van der Waals surface area contributed by atoms with Gasteiger partial charge in [0.25, 0.3) is 0 Å². The highest BCUT2D eigenvalue weighted by atomic mass is 16.7. The first-order valence-electron chi connectivity index (χ1n) is 17.7. The molecule has 4 aliphatic carbocycles. The Labute approximate surface area is 245 Å². The van der Waals surface area contributed by atoms with Crippen LogP contribution in [0.15, 0.2) is 0 Å². The van der Waals surface area contributed by atoms with Gasteiger partial charge in [0.15, 0.2) is 5.79 Å². The standard InChI is InChI=1S/C36H60O4/c1-6-7-8-9-10-11-12-32(37)39-27-16-18-34(4)26(21-27)13-14-28-29(34)17-19-35(5)30(28)22-31-33(35)25(3)36(40-31)20-15-24(2)23-38-36/h24-31,33H,6-23H2,1-5H3/t24-,25-,26+,27+,28+,29-,30-,31+,33-,34-,35-,36-/m0/s1. The maximum Gasteiger partial charge on any atom is 0.306 e. The number of carbonyl (C=O) groups excluding carboxylic acids is 1. The van der Waals surface area contributed by atoms with E-state index in [1.165, 1.54) is 77.0 Å². The molecule has 0 N–H and O–H groups in total. The van der Waals surface area contributed by atoms with Crippen LogP contribution >= 0.6 is 0 Å². The molecule has 0 aromatic rings. The smallest absolute Gasteiger partial charge is 0.306 e. The average molecular weight is 557 g/mol. The first-order valence-corrected chi connectivity index (χ1v) is 17.7. The van der Waals surface area contributed by atoms with Crippen LogP contribution in [0, 0.1) is 52.3 Å². The molecule has 0 amide bonds. The number of unbranched alkanes of at least 4 members (excludes halogenated alkanes) is 5. The van der Waals surface area contributed by atoms with Gasteiger partial charge < -0.3 is 14.2 Å². The van der Waals surface area contributed by atoms with Gasteiger partial charge in [0.05, 0.1) is 12.7 Å². The van der Waals surface area contributed by atoms with Crippen molar-refractivity contribution in [3.63, 3.8) is 0 Å². The van der Waals surface area contributed by atoms with Crippen LogP contribution in [0.3, 0.4) is 0 Å². The second kappa shape index (κ2) is 11.5. The largest absolute Gasteiger partial charge is 0.462 e. The SMILES string of the molecule is CCCCCCCCC(=O)O[C@@H]1CC[C@@]2(C)[C@H](CC[C@@H]3[C@@H]2CC[C@]2(C)[C@@H]4[C@@H](C[C@@H]32)O[C@@]2(CC[C@H](C)CO2)[C@H]4C)C1. The summed E-state index contributed by atoms with van der Waals surface area (Å²) in [7, 11) is 0. The zero-order valence-electron chi connectivity index (χ0n) is 26.6. The molecule has 228 valence electrons. The molecule has 0 aromatic heterocycles. The zero-order chi connectivity index (χ0) is 28.1. The fourth-order valence-electron chi connectivity index (χ4n) is 11.6. The Morgan fingerprint density at radius 2 is 1.62 bits per heavy atom. The summed E-state index contributed by atoms with van der Waals surface area (Å²) in [6, 6.07) is 0. The van der Waals surface area contributed by atoms with E-state index in [1.807, 2.05) is 0 Å². The Bertz CT molecular complexity index is 893. The van der Waals surface area contributed by atoms with E-state index < -0.39 is 0 Å². The molecule has 0 radical (unpaired) electrons. The van der Waals surface area contributed by atoms with Gasteiger partial charge in [-0.15, -0.1) is 0 Å². The minimum atomic E-state index is -0.304. The molecule has 1 spiro atoms. The molecule has 2 saturated heterocycles. The maximum absolute atomic E-state index is 12.6. The Morgan fingerprint density at radius 3 is 2.40 bits per heavy atom. The van der Waals surface area contributed by atoms with Gasteiger partial charge in [0.1, 0.15) is 6.10 Å². The van der Waals surface area contributed by atoms with E-state index in [1.54, 1.807) is 0 Å². The Balaban J connectivity index is 1.05. The van der Waals surface area contributed by atoms with Crippen LogP contribution in [0.2, 0.25) is 0 Å². The van der Waals surface area contributed by atoms with Crippen LogP contribution in [-0.4, -0.2) is 30.6 Å². The monoisotopic (exact) mass is 556 g/mol. The second-order valence-corrected chi connectivity index (χ2v) is 16.1. The van der Waals surface area contributed by atoms with Gasteiger partial charge in [-0.3, -0.25) is 4.79 Å². The number of ether oxygens (including phenoxy) is 3. The lowest BCUT2D eigenvalue weighted by Gasteiger charge is -2.61. The lowest BCUT2D eigenvalue weighted by molar-refractivity contribution is -0.273. The number of carbonyl (C=O) groups is 1. The zero-order valence-corrected chi connectivity index (χ0v) is 26.6. The fourth-order valence-corrected chi connectivity index (χ4v) is 11.6. The molecule has 0 aromatic carbocycles. The van der Waals surface area contributed by atoms with Gasteiger partial charge in [-0.1, -0.05) is 66.7 Å². The Kier molecular flexibility index (Phi) is 8.45. The second-order valence-electron chi connectivity index (χ2n) is 16.1. The van der Waals surface area contributed by atoms with E-state index in [4.69, 9.17) is 14.2 Å². The lowest BCUT2D eigenvalue weighted by Crippen LogP contribution is -2.55. The molecule has 0 unspecified atom stereocenters. The summed E-state index contributed by atoms with van der Waals surface area (Å²) in [6.07, 6.45) is 20.9. The Morgan fingerprint density at radius 1 is 0.850 bits per heavy atom. The summed E-state index contributed by atoms with van der Waals surface area (Å²) in [5.41, 5.74) is 0.814. The highest BCUT2D eigenvalue weighted by molar-refractivity contribution is 5.69. The van der Waals surface area contributed by atoms with Crippen molar-refractivity contribution in [1.82, 2.24) is 0 Å². The normalized spacial score (nSPS) is 49.7. The summed E-state index contributed by atoms with van der Waals surface area (Å²) in [5, 5.41) is 0. The molecule has 40 heavy (non-hydrogen) atoms. The molecule has 2 heterocycles. The van der Waals surface area contributed by atoms with E-state index >= 15 is 0 Å². The van der Waals surface area contributed by atoms with Crippen molar-refractivity contribution in [3.8, 4) is 0 Å². The van der Waals surface area contributed by atoms with E-state index in [0.717, 1.165) is 56.0 Å². The minimum absolute atomic E-state index is 0.0620. The summed E-state index contributed by atoms with van der Waals surface area (Å²) < 4.78 is 19.6. The predicted molar refractivity (Wildman–Crippen MR) is 160 cm³/mol. The van der Waals surface area contributed by atoms with E-state index in [9.17, 15) is 4.79 Å². The summed E-state index contributed by atoms with van der Waals surface area (Å²) in [6.45, 7) is 13.2. The highest BCUT2D eigenvalue weighted by Gasteiger charge is 2.69. The third kappa shape index (κ3) is 5.01. The molecule has 6 rings (SSSR count). The van der Waals surface area contributed by atoms with Crippen molar-refractivity contribution in [2.24, 2.45) is 52.3 Å². The lowest BCUT2D eigenvalue weighted by atomic mass is 9.44. The highest BCUT2D eigenvalue weighted by Crippen LogP contribution is 2.71. The van der Waals surface area contributed by atoms with Crippen LogP contribution in [0.1, 0.15) is 144 Å². The molecule has 4 nitrogen and oxygen atoms in total. The van der Waals surface area contributed by atoms with Crippen LogP contribution in [0.5, 0.6) is 0 Å². The van der Waals surface area contributed by atoms with Gasteiger partial charge in [0.2, 0.25) is 0 Å².